The highest BCUT2D eigenvalue weighted by atomic mass is 19.1. The summed E-state index contributed by atoms with van der Waals surface area (Å²) in [5, 5.41) is 0. The molecular weight excluding hydrogens is 280 g/mol. The van der Waals surface area contributed by atoms with Crippen molar-refractivity contribution in [2.45, 2.75) is 37.8 Å². The van der Waals surface area contributed by atoms with Gasteiger partial charge in [-0.25, -0.2) is 8.78 Å². The van der Waals surface area contributed by atoms with E-state index in [4.69, 9.17) is 4.74 Å². The topological polar surface area (TPSA) is 46.6 Å². The van der Waals surface area contributed by atoms with Gasteiger partial charge in [-0.15, -0.1) is 0 Å². The lowest BCUT2D eigenvalue weighted by molar-refractivity contribution is -0.140. The van der Waals surface area contributed by atoms with E-state index in [9.17, 15) is 18.4 Å². The monoisotopic (exact) mass is 295 g/mol. The number of benzene rings is 1. The number of amides is 1. The molecule has 1 aromatic carbocycles. The first-order valence-electron chi connectivity index (χ1n) is 6.95. The van der Waals surface area contributed by atoms with Crippen molar-refractivity contribution in [3.63, 3.8) is 0 Å². The third-order valence-electron chi connectivity index (χ3n) is 4.08. The van der Waals surface area contributed by atoms with Gasteiger partial charge in [-0.2, -0.15) is 0 Å². The Kier molecular flexibility index (Phi) is 3.61. The van der Waals surface area contributed by atoms with Crippen molar-refractivity contribution in [3.8, 4) is 5.75 Å². The zero-order chi connectivity index (χ0) is 15.0. The van der Waals surface area contributed by atoms with Gasteiger partial charge in [0.15, 0.2) is 18.2 Å². The summed E-state index contributed by atoms with van der Waals surface area (Å²) in [4.78, 5) is 25.4. The van der Waals surface area contributed by atoms with Gasteiger partial charge < -0.3 is 9.64 Å². The number of nitrogens with zero attached hydrogens (tertiary/aromatic N) is 1. The van der Waals surface area contributed by atoms with Crippen LogP contribution in [-0.4, -0.2) is 35.3 Å². The number of Topliss-reactive ketones (excluding diaryl/α,β-unsaturated/α-hetero) is 1. The Morgan fingerprint density at radius 3 is 2.52 bits per heavy atom. The highest BCUT2D eigenvalue weighted by Gasteiger charge is 2.42. The average molecular weight is 295 g/mol. The second-order valence-corrected chi connectivity index (χ2v) is 5.50. The maximum Gasteiger partial charge on any atom is 0.261 e. The zero-order valence-electron chi connectivity index (χ0n) is 11.4. The van der Waals surface area contributed by atoms with E-state index in [1.807, 2.05) is 0 Å². The Balaban J connectivity index is 1.63. The molecule has 0 aliphatic carbocycles. The molecule has 0 N–H and O–H groups in total. The molecule has 2 unspecified atom stereocenters. The maximum absolute atomic E-state index is 13.4. The molecule has 2 fully saturated rings. The summed E-state index contributed by atoms with van der Waals surface area (Å²) in [5.41, 5.74) is 0. The SMILES string of the molecule is O=C1CC2CCC(C1)N2C(=O)COc1ccc(F)cc1F. The number of rotatable bonds is 3. The lowest BCUT2D eigenvalue weighted by Gasteiger charge is -2.33. The second kappa shape index (κ2) is 5.42. The van der Waals surface area contributed by atoms with Gasteiger partial charge in [0.2, 0.25) is 0 Å². The van der Waals surface area contributed by atoms with Gasteiger partial charge in [-0.3, -0.25) is 9.59 Å². The summed E-state index contributed by atoms with van der Waals surface area (Å²) in [6.07, 6.45) is 2.44. The minimum absolute atomic E-state index is 0.0505. The van der Waals surface area contributed by atoms with E-state index >= 15 is 0 Å². The molecule has 0 aromatic heterocycles. The van der Waals surface area contributed by atoms with Crippen molar-refractivity contribution in [2.75, 3.05) is 6.61 Å². The summed E-state index contributed by atoms with van der Waals surface area (Å²) in [6, 6.07) is 2.84. The van der Waals surface area contributed by atoms with Crippen molar-refractivity contribution in [2.24, 2.45) is 0 Å². The Morgan fingerprint density at radius 2 is 1.90 bits per heavy atom. The first kappa shape index (κ1) is 14.0. The van der Waals surface area contributed by atoms with Crippen LogP contribution >= 0.6 is 0 Å². The minimum atomic E-state index is -0.834. The number of fused-ring (bicyclic) bond motifs is 2. The molecule has 2 saturated heterocycles. The molecule has 2 bridgehead atoms. The number of hydrogen-bond donors (Lipinski definition) is 0. The van der Waals surface area contributed by atoms with E-state index in [0.29, 0.717) is 18.9 Å². The Labute approximate surface area is 120 Å². The summed E-state index contributed by atoms with van der Waals surface area (Å²) in [5.74, 6) is -1.74. The van der Waals surface area contributed by atoms with Crippen LogP contribution in [0.2, 0.25) is 0 Å². The number of halogens is 2. The second-order valence-electron chi connectivity index (χ2n) is 5.50. The predicted octanol–water partition coefficient (Wildman–Crippen LogP) is 2.07. The summed E-state index contributed by atoms with van der Waals surface area (Å²) >= 11 is 0. The van der Waals surface area contributed by atoms with Crippen LogP contribution in [0, 0.1) is 11.6 Å². The van der Waals surface area contributed by atoms with Crippen LogP contribution in [0.5, 0.6) is 5.75 Å². The molecule has 2 aliphatic rings. The molecule has 2 atom stereocenters. The van der Waals surface area contributed by atoms with Gasteiger partial charge >= 0.3 is 0 Å². The number of piperidine rings is 1. The Hall–Kier alpha value is -1.98. The third-order valence-corrected chi connectivity index (χ3v) is 4.08. The number of carbonyl (C=O) groups excluding carboxylic acids is 2. The largest absolute Gasteiger partial charge is 0.481 e. The van der Waals surface area contributed by atoms with Crippen LogP contribution in [0.3, 0.4) is 0 Å². The normalized spacial score (nSPS) is 24.3. The van der Waals surface area contributed by atoms with Crippen molar-refractivity contribution in [3.05, 3.63) is 29.8 Å². The molecular formula is C15H15F2NO3. The van der Waals surface area contributed by atoms with E-state index in [1.54, 1.807) is 4.90 Å². The van der Waals surface area contributed by atoms with E-state index in [2.05, 4.69) is 0 Å². The molecule has 0 radical (unpaired) electrons. The lowest BCUT2D eigenvalue weighted by Crippen LogP contribution is -2.48. The van der Waals surface area contributed by atoms with E-state index in [1.165, 1.54) is 0 Å². The smallest absolute Gasteiger partial charge is 0.261 e. The van der Waals surface area contributed by atoms with Crippen LogP contribution in [0.1, 0.15) is 25.7 Å². The van der Waals surface area contributed by atoms with Crippen LogP contribution in [0.4, 0.5) is 8.78 Å². The van der Waals surface area contributed by atoms with Gasteiger partial charge in [0, 0.05) is 31.0 Å². The fraction of sp³-hybridized carbons (Fsp3) is 0.467. The third kappa shape index (κ3) is 2.75. The van der Waals surface area contributed by atoms with Crippen LogP contribution in [-0.2, 0) is 9.59 Å². The molecule has 112 valence electrons. The van der Waals surface area contributed by atoms with Gasteiger partial charge in [0.1, 0.15) is 11.6 Å². The zero-order valence-corrected chi connectivity index (χ0v) is 11.4. The first-order chi connectivity index (χ1) is 10.0. The van der Waals surface area contributed by atoms with E-state index in [0.717, 1.165) is 25.0 Å². The van der Waals surface area contributed by atoms with E-state index in [-0.39, 0.29) is 36.1 Å². The summed E-state index contributed by atoms with van der Waals surface area (Å²) in [6.45, 7) is -0.302. The summed E-state index contributed by atoms with van der Waals surface area (Å²) < 4.78 is 31.3. The van der Waals surface area contributed by atoms with Gasteiger partial charge in [-0.1, -0.05) is 0 Å². The van der Waals surface area contributed by atoms with Crippen LogP contribution in [0.15, 0.2) is 18.2 Å². The van der Waals surface area contributed by atoms with Crippen molar-refractivity contribution in [1.29, 1.82) is 0 Å². The molecule has 0 spiro atoms. The molecule has 1 amide bonds. The molecule has 0 saturated carbocycles. The van der Waals surface area contributed by atoms with Gasteiger partial charge in [0.05, 0.1) is 0 Å². The fourth-order valence-corrected chi connectivity index (χ4v) is 3.18. The first-order valence-corrected chi connectivity index (χ1v) is 6.95. The van der Waals surface area contributed by atoms with E-state index < -0.39 is 11.6 Å². The maximum atomic E-state index is 13.4. The molecule has 2 aliphatic heterocycles. The number of carbonyl (C=O) groups is 2. The molecule has 3 rings (SSSR count). The standard InChI is InChI=1S/C15H15F2NO3/c16-9-1-4-14(13(17)5-9)21-8-15(20)18-10-2-3-11(18)7-12(19)6-10/h1,4-5,10-11H,2-3,6-8H2. The minimum Gasteiger partial charge on any atom is -0.481 e. The Bertz CT molecular complexity index is 574. The highest BCUT2D eigenvalue weighted by molar-refractivity contribution is 5.86. The molecule has 2 heterocycles. The number of ketones is 1. The lowest BCUT2D eigenvalue weighted by atomic mass is 10.0. The molecule has 1 aromatic rings. The average Bonchev–Trinajstić information content (AvgIpc) is 2.70. The number of hydrogen-bond acceptors (Lipinski definition) is 3. The number of ether oxygens (including phenoxy) is 1. The quantitative estimate of drug-likeness (QED) is 0.857. The van der Waals surface area contributed by atoms with Crippen LogP contribution in [0.25, 0.3) is 0 Å². The van der Waals surface area contributed by atoms with Gasteiger partial charge in [-0.05, 0) is 25.0 Å². The van der Waals surface area contributed by atoms with Crippen molar-refractivity contribution in [1.82, 2.24) is 4.90 Å². The molecule has 4 nitrogen and oxygen atoms in total. The molecule has 6 heteroatoms. The summed E-state index contributed by atoms with van der Waals surface area (Å²) in [7, 11) is 0. The van der Waals surface area contributed by atoms with Gasteiger partial charge in [0.25, 0.3) is 5.91 Å². The Morgan fingerprint density at radius 1 is 1.24 bits per heavy atom. The van der Waals surface area contributed by atoms with Crippen molar-refractivity contribution < 1.29 is 23.1 Å². The van der Waals surface area contributed by atoms with Crippen molar-refractivity contribution >= 4 is 11.7 Å². The molecule has 21 heavy (non-hydrogen) atoms. The highest BCUT2D eigenvalue weighted by Crippen LogP contribution is 2.34. The van der Waals surface area contributed by atoms with Crippen LogP contribution < -0.4 is 4.74 Å². The predicted molar refractivity (Wildman–Crippen MR) is 69.8 cm³/mol. The fourth-order valence-electron chi connectivity index (χ4n) is 3.18.